The molecule has 1 aromatic heterocycles. The summed E-state index contributed by atoms with van der Waals surface area (Å²) in [5.74, 6) is 0.270. The molecule has 0 aliphatic rings. The van der Waals surface area contributed by atoms with E-state index in [1.165, 1.54) is 23.5 Å². The molecule has 128 valence electrons. The highest BCUT2D eigenvalue weighted by Crippen LogP contribution is 2.23. The molecule has 0 aliphatic carbocycles. The second kappa shape index (κ2) is 7.90. The molecular weight excluding hydrogens is 339 g/mol. The van der Waals surface area contributed by atoms with Gasteiger partial charge in [-0.15, -0.1) is 11.3 Å². The fourth-order valence-corrected chi connectivity index (χ4v) is 3.34. The van der Waals surface area contributed by atoms with Gasteiger partial charge < -0.3 is 10.1 Å². The van der Waals surface area contributed by atoms with Gasteiger partial charge in [0.25, 0.3) is 0 Å². The van der Waals surface area contributed by atoms with E-state index < -0.39 is 0 Å². The van der Waals surface area contributed by atoms with E-state index in [9.17, 15) is 9.18 Å². The van der Waals surface area contributed by atoms with E-state index >= 15 is 0 Å². The quantitative estimate of drug-likeness (QED) is 0.724. The third kappa shape index (κ3) is 4.64. The number of amides is 1. The zero-order chi connectivity index (χ0) is 17.6. The smallest absolute Gasteiger partial charge is 0.230 e. The van der Waals surface area contributed by atoms with E-state index in [2.05, 4.69) is 10.3 Å². The van der Waals surface area contributed by atoms with Crippen molar-refractivity contribution in [3.63, 3.8) is 0 Å². The minimum atomic E-state index is -0.257. The maximum Gasteiger partial charge on any atom is 0.230 e. The van der Waals surface area contributed by atoms with Crippen LogP contribution in [0.3, 0.4) is 0 Å². The van der Waals surface area contributed by atoms with Crippen molar-refractivity contribution in [2.75, 3.05) is 12.4 Å². The Hall–Kier alpha value is -2.73. The van der Waals surface area contributed by atoms with Crippen molar-refractivity contribution in [3.05, 3.63) is 76.5 Å². The Labute approximate surface area is 149 Å². The Morgan fingerprint density at radius 3 is 2.88 bits per heavy atom. The number of halogens is 1. The first kappa shape index (κ1) is 17.1. The Balaban J connectivity index is 1.62. The van der Waals surface area contributed by atoms with Gasteiger partial charge in [0.15, 0.2) is 5.13 Å². The molecular formula is C19H17FN2O2S. The number of anilines is 1. The normalized spacial score (nSPS) is 10.5. The summed E-state index contributed by atoms with van der Waals surface area (Å²) in [5.41, 5.74) is 1.69. The first-order valence-corrected chi connectivity index (χ1v) is 8.56. The zero-order valence-electron chi connectivity index (χ0n) is 13.7. The van der Waals surface area contributed by atoms with Crippen molar-refractivity contribution in [1.82, 2.24) is 4.98 Å². The summed E-state index contributed by atoms with van der Waals surface area (Å²) in [6, 6.07) is 13.9. The van der Waals surface area contributed by atoms with Gasteiger partial charge in [-0.25, -0.2) is 9.37 Å². The third-order valence-electron chi connectivity index (χ3n) is 3.61. The fourth-order valence-electron chi connectivity index (χ4n) is 2.48. The van der Waals surface area contributed by atoms with E-state index in [0.717, 1.165) is 16.0 Å². The highest BCUT2D eigenvalue weighted by atomic mass is 32.1. The Morgan fingerprint density at radius 2 is 2.08 bits per heavy atom. The minimum absolute atomic E-state index is 0.156. The number of carbonyl (C=O) groups excluding carboxylic acids is 1. The second-order valence-corrected chi connectivity index (χ2v) is 6.59. The molecule has 0 fully saturated rings. The van der Waals surface area contributed by atoms with E-state index in [1.54, 1.807) is 19.4 Å². The number of nitrogens with one attached hydrogen (secondary N) is 1. The number of thiazole rings is 1. The van der Waals surface area contributed by atoms with Crippen LogP contribution in [0.4, 0.5) is 9.52 Å². The predicted octanol–water partition coefficient (Wildman–Crippen LogP) is 4.06. The largest absolute Gasteiger partial charge is 0.496 e. The van der Waals surface area contributed by atoms with E-state index in [1.807, 2.05) is 30.3 Å². The number of ether oxygens (including phenoxy) is 1. The summed E-state index contributed by atoms with van der Waals surface area (Å²) < 4.78 is 18.5. The van der Waals surface area contributed by atoms with Gasteiger partial charge in [-0.3, -0.25) is 4.79 Å². The van der Waals surface area contributed by atoms with Crippen LogP contribution in [0.2, 0.25) is 0 Å². The summed E-state index contributed by atoms with van der Waals surface area (Å²) in [7, 11) is 1.58. The standard InChI is InChI=1S/C19H17FN2O2S/c1-24-17-8-3-2-6-14(17)11-18(23)22-19-21-12-16(25-19)10-13-5-4-7-15(20)9-13/h2-9,12H,10-11H2,1H3,(H,21,22,23). The van der Waals surface area contributed by atoms with Crippen molar-refractivity contribution in [1.29, 1.82) is 0 Å². The molecule has 1 N–H and O–H groups in total. The first-order chi connectivity index (χ1) is 12.1. The van der Waals surface area contributed by atoms with Crippen molar-refractivity contribution < 1.29 is 13.9 Å². The van der Waals surface area contributed by atoms with Gasteiger partial charge in [-0.1, -0.05) is 30.3 Å². The Bertz CT molecular complexity index is 879. The van der Waals surface area contributed by atoms with Crippen LogP contribution >= 0.6 is 11.3 Å². The average Bonchev–Trinajstić information content (AvgIpc) is 3.02. The van der Waals surface area contributed by atoms with Gasteiger partial charge in [0.1, 0.15) is 11.6 Å². The summed E-state index contributed by atoms with van der Waals surface area (Å²) >= 11 is 1.39. The van der Waals surface area contributed by atoms with Crippen molar-refractivity contribution in [2.24, 2.45) is 0 Å². The summed E-state index contributed by atoms with van der Waals surface area (Å²) in [4.78, 5) is 17.4. The number of para-hydroxylation sites is 1. The molecule has 3 aromatic rings. The number of hydrogen-bond donors (Lipinski definition) is 1. The molecule has 4 nitrogen and oxygen atoms in total. The second-order valence-electron chi connectivity index (χ2n) is 5.48. The van der Waals surface area contributed by atoms with Crippen LogP contribution in [0.5, 0.6) is 5.75 Å². The molecule has 0 saturated carbocycles. The SMILES string of the molecule is COc1ccccc1CC(=O)Nc1ncc(Cc2cccc(F)c2)s1. The van der Waals surface area contributed by atoms with Crippen LogP contribution in [-0.2, 0) is 17.6 Å². The monoisotopic (exact) mass is 356 g/mol. The lowest BCUT2D eigenvalue weighted by Gasteiger charge is -2.07. The molecule has 6 heteroatoms. The highest BCUT2D eigenvalue weighted by molar-refractivity contribution is 7.15. The molecule has 0 saturated heterocycles. The van der Waals surface area contributed by atoms with Crippen LogP contribution in [0.1, 0.15) is 16.0 Å². The number of nitrogens with zero attached hydrogens (tertiary/aromatic N) is 1. The van der Waals surface area contributed by atoms with Crippen LogP contribution in [0.15, 0.2) is 54.7 Å². The molecule has 2 aromatic carbocycles. The lowest BCUT2D eigenvalue weighted by atomic mass is 10.1. The van der Waals surface area contributed by atoms with Crippen LogP contribution in [-0.4, -0.2) is 18.0 Å². The van der Waals surface area contributed by atoms with Crippen molar-refractivity contribution in [2.45, 2.75) is 12.8 Å². The molecule has 0 aliphatic heterocycles. The number of benzene rings is 2. The summed E-state index contributed by atoms with van der Waals surface area (Å²) in [6.07, 6.45) is 2.49. The molecule has 1 heterocycles. The van der Waals surface area contributed by atoms with Crippen LogP contribution in [0.25, 0.3) is 0 Å². The zero-order valence-corrected chi connectivity index (χ0v) is 14.5. The fraction of sp³-hybridized carbons (Fsp3) is 0.158. The Kier molecular flexibility index (Phi) is 5.40. The molecule has 0 unspecified atom stereocenters. The minimum Gasteiger partial charge on any atom is -0.496 e. The number of aromatic nitrogens is 1. The van der Waals surface area contributed by atoms with Gasteiger partial charge in [0.2, 0.25) is 5.91 Å². The summed E-state index contributed by atoms with van der Waals surface area (Å²) in [6.45, 7) is 0. The van der Waals surface area contributed by atoms with Gasteiger partial charge in [-0.05, 0) is 23.8 Å². The van der Waals surface area contributed by atoms with E-state index in [-0.39, 0.29) is 18.1 Å². The molecule has 25 heavy (non-hydrogen) atoms. The summed E-state index contributed by atoms with van der Waals surface area (Å²) in [5, 5.41) is 3.33. The average molecular weight is 356 g/mol. The van der Waals surface area contributed by atoms with E-state index in [4.69, 9.17) is 4.74 Å². The molecule has 0 bridgehead atoms. The first-order valence-electron chi connectivity index (χ1n) is 7.75. The lowest BCUT2D eigenvalue weighted by Crippen LogP contribution is -2.14. The van der Waals surface area contributed by atoms with Gasteiger partial charge in [-0.2, -0.15) is 0 Å². The number of rotatable bonds is 6. The Morgan fingerprint density at radius 1 is 1.24 bits per heavy atom. The van der Waals surface area contributed by atoms with E-state index in [0.29, 0.717) is 17.3 Å². The number of hydrogen-bond acceptors (Lipinski definition) is 4. The topological polar surface area (TPSA) is 51.2 Å². The molecule has 0 radical (unpaired) electrons. The maximum absolute atomic E-state index is 13.2. The van der Waals surface area contributed by atoms with Crippen LogP contribution < -0.4 is 10.1 Å². The van der Waals surface area contributed by atoms with Gasteiger partial charge >= 0.3 is 0 Å². The number of methoxy groups -OCH3 is 1. The lowest BCUT2D eigenvalue weighted by molar-refractivity contribution is -0.115. The highest BCUT2D eigenvalue weighted by Gasteiger charge is 2.11. The molecule has 1 amide bonds. The van der Waals surface area contributed by atoms with Gasteiger partial charge in [0, 0.05) is 23.1 Å². The third-order valence-corrected chi connectivity index (χ3v) is 4.52. The predicted molar refractivity (Wildman–Crippen MR) is 96.6 cm³/mol. The molecule has 0 spiro atoms. The molecule has 3 rings (SSSR count). The molecule has 0 atom stereocenters. The maximum atomic E-state index is 13.2. The van der Waals surface area contributed by atoms with Gasteiger partial charge in [0.05, 0.1) is 13.5 Å². The van der Waals surface area contributed by atoms with Crippen molar-refractivity contribution in [3.8, 4) is 5.75 Å². The van der Waals surface area contributed by atoms with Crippen LogP contribution in [0, 0.1) is 5.82 Å². The van der Waals surface area contributed by atoms with Crippen molar-refractivity contribution >= 4 is 22.4 Å². The number of carbonyl (C=O) groups is 1.